The van der Waals surface area contributed by atoms with Crippen molar-refractivity contribution in [2.75, 3.05) is 4.90 Å². The molecule has 292 valence electrons. The molecule has 0 bridgehead atoms. The summed E-state index contributed by atoms with van der Waals surface area (Å²) < 4.78 is 9.21. The van der Waals surface area contributed by atoms with E-state index in [4.69, 9.17) is 9.72 Å². The fourth-order valence-electron chi connectivity index (χ4n) is 8.31. The van der Waals surface area contributed by atoms with Gasteiger partial charge in [0.2, 0.25) is 0 Å². The van der Waals surface area contributed by atoms with Gasteiger partial charge in [-0.1, -0.05) is 126 Å². The third-order valence-electron chi connectivity index (χ3n) is 11.5. The van der Waals surface area contributed by atoms with Crippen LogP contribution in [-0.4, -0.2) is 20.6 Å². The number of rotatable bonds is 5. The Kier molecular flexibility index (Phi) is 9.11. The first-order chi connectivity index (χ1) is 26.8. The smallest absolute Gasteiger partial charge is 0.137 e. The van der Waals surface area contributed by atoms with Crippen LogP contribution in [0, 0.1) is 0 Å². The summed E-state index contributed by atoms with van der Waals surface area (Å²) in [4.78, 5) is 9.80. The second-order valence-corrected chi connectivity index (χ2v) is 20.0. The highest BCUT2D eigenvalue weighted by Crippen LogP contribution is 2.46. The van der Waals surface area contributed by atoms with Crippen LogP contribution in [0.3, 0.4) is 0 Å². The van der Waals surface area contributed by atoms with Crippen molar-refractivity contribution < 1.29 is 4.74 Å². The van der Waals surface area contributed by atoms with E-state index in [1.165, 1.54) is 38.7 Å². The minimum absolute atomic E-state index is 0.00254. The number of pyridine rings is 1. The Morgan fingerprint density at radius 1 is 0.561 bits per heavy atom. The molecule has 1 atom stereocenters. The molecule has 0 radical (unpaired) electrons. The van der Waals surface area contributed by atoms with E-state index in [0.717, 1.165) is 39.6 Å². The molecule has 57 heavy (non-hydrogen) atoms. The standard InChI is InChI=1S/C52H58N4O/c1-49(2,3)35-25-26-53-46(31-35)56-43-21-14-13-18-39(43)40-24-23-37(32-44(40)56)57-38-29-34(28-36(30-38)50(4,5)6)45-33-55(47-22-15-16-27-54(45)47)48-41(51(7,8)9)19-17-20-42(48)52(10,11)12/h13-33,47H,1-12H3. The number of benzene rings is 4. The van der Waals surface area contributed by atoms with Crippen LogP contribution in [-0.2, 0) is 21.7 Å². The Hall–Kier alpha value is -5.55. The Morgan fingerprint density at radius 2 is 1.25 bits per heavy atom. The van der Waals surface area contributed by atoms with Crippen molar-refractivity contribution in [2.24, 2.45) is 0 Å². The molecule has 2 aliphatic rings. The average Bonchev–Trinajstić information content (AvgIpc) is 3.69. The van der Waals surface area contributed by atoms with Crippen LogP contribution in [0.4, 0.5) is 5.69 Å². The van der Waals surface area contributed by atoms with Crippen molar-refractivity contribution >= 4 is 33.2 Å². The summed E-state index contributed by atoms with van der Waals surface area (Å²) in [6.45, 7) is 27.5. The minimum atomic E-state index is -0.109. The second-order valence-electron chi connectivity index (χ2n) is 20.0. The summed E-state index contributed by atoms with van der Waals surface area (Å²) in [6.07, 6.45) is 13.1. The van der Waals surface area contributed by atoms with Crippen LogP contribution in [0.2, 0.25) is 0 Å². The maximum absolute atomic E-state index is 6.94. The van der Waals surface area contributed by atoms with E-state index in [-0.39, 0.29) is 27.8 Å². The molecule has 4 heterocycles. The van der Waals surface area contributed by atoms with Gasteiger partial charge in [0.25, 0.3) is 0 Å². The summed E-state index contributed by atoms with van der Waals surface area (Å²) in [5, 5.41) is 2.36. The fraction of sp³-hybridized carbons (Fsp3) is 0.327. The fourth-order valence-corrected chi connectivity index (χ4v) is 8.31. The van der Waals surface area contributed by atoms with Crippen LogP contribution in [0.15, 0.2) is 128 Å². The van der Waals surface area contributed by atoms with Gasteiger partial charge in [-0.3, -0.25) is 4.57 Å². The van der Waals surface area contributed by atoms with Crippen molar-refractivity contribution in [3.63, 3.8) is 0 Å². The van der Waals surface area contributed by atoms with E-state index in [1.807, 2.05) is 6.20 Å². The molecule has 0 amide bonds. The summed E-state index contributed by atoms with van der Waals surface area (Å²) in [5.74, 6) is 2.50. The summed E-state index contributed by atoms with van der Waals surface area (Å²) in [7, 11) is 0. The zero-order chi connectivity index (χ0) is 40.7. The van der Waals surface area contributed by atoms with Gasteiger partial charge in [0.1, 0.15) is 23.5 Å². The van der Waals surface area contributed by atoms with E-state index >= 15 is 0 Å². The van der Waals surface area contributed by atoms with Gasteiger partial charge in [0, 0.05) is 41.0 Å². The number of fused-ring (bicyclic) bond motifs is 4. The molecule has 0 N–H and O–H groups in total. The number of aromatic nitrogens is 2. The lowest BCUT2D eigenvalue weighted by atomic mass is 9.78. The van der Waals surface area contributed by atoms with Gasteiger partial charge in [0.15, 0.2) is 0 Å². The Labute approximate surface area is 340 Å². The largest absolute Gasteiger partial charge is 0.457 e. The minimum Gasteiger partial charge on any atom is -0.457 e. The van der Waals surface area contributed by atoms with Crippen molar-refractivity contribution in [3.8, 4) is 17.3 Å². The Balaban J connectivity index is 1.26. The van der Waals surface area contributed by atoms with E-state index in [1.54, 1.807) is 0 Å². The Morgan fingerprint density at radius 3 is 1.93 bits per heavy atom. The first-order valence-corrected chi connectivity index (χ1v) is 20.4. The van der Waals surface area contributed by atoms with Crippen molar-refractivity contribution in [3.05, 3.63) is 156 Å². The molecule has 4 aromatic carbocycles. The van der Waals surface area contributed by atoms with E-state index in [9.17, 15) is 0 Å². The number of hydrogen-bond donors (Lipinski definition) is 0. The van der Waals surface area contributed by atoms with Gasteiger partial charge in [0.05, 0.1) is 22.4 Å². The maximum Gasteiger partial charge on any atom is 0.137 e. The zero-order valence-corrected chi connectivity index (χ0v) is 35.9. The number of allylic oxidation sites excluding steroid dienone is 2. The SMILES string of the molecule is CC(C)(C)c1cc(Oc2ccc3c4ccccc4n(-c4cc(C(C)(C)C)ccn4)c3c2)cc(C2=CN(c3c(C(C)(C)C)cccc3C(C)(C)C)C3C=CC=CN23)c1. The molecule has 0 aliphatic carbocycles. The normalized spacial score (nSPS) is 16.1. The molecule has 5 heteroatoms. The number of para-hydroxylation sites is 2. The van der Waals surface area contributed by atoms with Gasteiger partial charge >= 0.3 is 0 Å². The zero-order valence-electron chi connectivity index (χ0n) is 35.9. The first kappa shape index (κ1) is 38.3. The molecule has 6 aromatic rings. The van der Waals surface area contributed by atoms with Crippen LogP contribution < -0.4 is 9.64 Å². The highest BCUT2D eigenvalue weighted by molar-refractivity contribution is 6.09. The van der Waals surface area contributed by atoms with Gasteiger partial charge in [-0.05, 0) is 105 Å². The predicted octanol–water partition coefficient (Wildman–Crippen LogP) is 13.7. The van der Waals surface area contributed by atoms with Gasteiger partial charge in [-0.25, -0.2) is 4.98 Å². The maximum atomic E-state index is 6.94. The molecular weight excluding hydrogens is 697 g/mol. The highest BCUT2D eigenvalue weighted by Gasteiger charge is 2.37. The number of anilines is 1. The molecule has 8 rings (SSSR count). The lowest BCUT2D eigenvalue weighted by molar-refractivity contribution is 0.463. The van der Waals surface area contributed by atoms with Crippen LogP contribution in [0.25, 0.3) is 33.3 Å². The number of nitrogens with zero attached hydrogens (tertiary/aromatic N) is 4. The molecule has 0 saturated carbocycles. The lowest BCUT2D eigenvalue weighted by Gasteiger charge is -2.38. The second kappa shape index (κ2) is 13.5. The van der Waals surface area contributed by atoms with Crippen molar-refractivity contribution in [1.82, 2.24) is 14.5 Å². The molecule has 0 fully saturated rings. The van der Waals surface area contributed by atoms with E-state index < -0.39 is 0 Å². The topological polar surface area (TPSA) is 33.5 Å². The summed E-state index contributed by atoms with van der Waals surface area (Å²) in [6, 6.07) is 33.0. The molecule has 2 aromatic heterocycles. The van der Waals surface area contributed by atoms with Crippen LogP contribution in [0.1, 0.15) is 111 Å². The summed E-state index contributed by atoms with van der Waals surface area (Å²) in [5.41, 5.74) is 10.7. The monoisotopic (exact) mass is 754 g/mol. The van der Waals surface area contributed by atoms with Crippen molar-refractivity contribution in [1.29, 1.82) is 0 Å². The van der Waals surface area contributed by atoms with E-state index in [2.05, 4.69) is 219 Å². The highest BCUT2D eigenvalue weighted by atomic mass is 16.5. The Bertz CT molecular complexity index is 2580. The third kappa shape index (κ3) is 7.07. The van der Waals surface area contributed by atoms with Crippen LogP contribution in [0.5, 0.6) is 11.5 Å². The number of hydrogen-bond acceptors (Lipinski definition) is 4. The lowest BCUT2D eigenvalue weighted by Crippen LogP contribution is -2.38. The number of ether oxygens (including phenoxy) is 1. The molecular formula is C52H58N4O. The van der Waals surface area contributed by atoms with Gasteiger partial charge < -0.3 is 14.5 Å². The molecule has 0 spiro atoms. The molecule has 5 nitrogen and oxygen atoms in total. The first-order valence-electron chi connectivity index (χ1n) is 20.4. The average molecular weight is 755 g/mol. The summed E-state index contributed by atoms with van der Waals surface area (Å²) >= 11 is 0. The molecule has 0 saturated heterocycles. The quantitative estimate of drug-likeness (QED) is 0.175. The molecule has 2 aliphatic heterocycles. The van der Waals surface area contributed by atoms with Gasteiger partial charge in [-0.15, -0.1) is 0 Å². The van der Waals surface area contributed by atoms with Crippen molar-refractivity contribution in [2.45, 2.75) is 111 Å². The van der Waals surface area contributed by atoms with E-state index in [0.29, 0.717) is 0 Å². The predicted molar refractivity (Wildman–Crippen MR) is 241 cm³/mol. The van der Waals surface area contributed by atoms with Crippen LogP contribution >= 0.6 is 0 Å². The molecule has 1 unspecified atom stereocenters. The van der Waals surface area contributed by atoms with Gasteiger partial charge in [-0.2, -0.15) is 0 Å². The third-order valence-corrected chi connectivity index (χ3v) is 11.5.